The van der Waals surface area contributed by atoms with Gasteiger partial charge >= 0.3 is 0 Å². The fourth-order valence-corrected chi connectivity index (χ4v) is 2.80. The second kappa shape index (κ2) is 8.82. The van der Waals surface area contributed by atoms with Crippen LogP contribution in [0.4, 0.5) is 5.69 Å². The van der Waals surface area contributed by atoms with E-state index in [0.29, 0.717) is 0 Å². The molecule has 1 aromatic rings. The quantitative estimate of drug-likeness (QED) is 0.665. The molecule has 112 valence electrons. The molecule has 1 amide bonds. The van der Waals surface area contributed by atoms with Crippen molar-refractivity contribution in [2.75, 3.05) is 4.90 Å². The minimum atomic E-state index is -0.428. The molecule has 0 bridgehead atoms. The summed E-state index contributed by atoms with van der Waals surface area (Å²) in [5.41, 5.74) is 4.27. The van der Waals surface area contributed by atoms with Crippen LogP contribution < -0.4 is 4.90 Å². The average molecular weight is 449 g/mol. The maximum absolute atomic E-state index is 11.3. The molecule has 2 rings (SSSR count). The van der Waals surface area contributed by atoms with Gasteiger partial charge < -0.3 is 19.2 Å². The number of anilines is 1. The maximum Gasteiger partial charge on any atom is 0.0739 e. The third-order valence-corrected chi connectivity index (χ3v) is 3.67. The molecule has 1 aliphatic heterocycles. The topological polar surface area (TPSA) is 46.6 Å². The van der Waals surface area contributed by atoms with Crippen LogP contribution >= 0.6 is 0 Å². The van der Waals surface area contributed by atoms with Crippen LogP contribution in [0.1, 0.15) is 37.5 Å². The van der Waals surface area contributed by atoms with Crippen molar-refractivity contribution in [3.8, 4) is 0 Å². The number of nitrogens with zero attached hydrogens (tertiary/aromatic N) is 1. The fraction of sp³-hybridized carbons (Fsp3) is 0.375. The van der Waals surface area contributed by atoms with Gasteiger partial charge in [0.25, 0.3) is 0 Å². The molecular formula is C16H17NO3Y2-2. The van der Waals surface area contributed by atoms with E-state index in [1.165, 1.54) is 6.47 Å². The van der Waals surface area contributed by atoms with Crippen molar-refractivity contribution in [3.63, 3.8) is 0 Å². The zero-order chi connectivity index (χ0) is 14.9. The SMILES string of the molecule is CC1=CC(C)(C)N([C-]=O)c2ccc(C)c(CO[C-]=O)c21.[Y].[Y]. The van der Waals surface area contributed by atoms with E-state index in [4.69, 9.17) is 4.74 Å². The molecule has 0 fully saturated rings. The van der Waals surface area contributed by atoms with Gasteiger partial charge in [-0.1, -0.05) is 35.4 Å². The number of hydrogen-bond donors (Lipinski definition) is 0. The standard InChI is InChI=1S/C16H17NO3.2Y/c1-11-5-6-14-15(13(11)8-20-10-19)12(2)7-16(3,4)17(14)9-18;;/h5-7H,8H2,1-4H3;;/q-2;;. The van der Waals surface area contributed by atoms with Crippen LogP contribution in [0.5, 0.6) is 0 Å². The molecule has 2 radical (unpaired) electrons. The molecule has 0 aromatic heterocycles. The first-order valence-corrected chi connectivity index (χ1v) is 6.41. The van der Waals surface area contributed by atoms with Gasteiger partial charge in [0.15, 0.2) is 0 Å². The van der Waals surface area contributed by atoms with Crippen LogP contribution in [0.2, 0.25) is 0 Å². The van der Waals surface area contributed by atoms with Crippen LogP contribution in [0.15, 0.2) is 18.2 Å². The normalized spacial score (nSPS) is 14.7. The van der Waals surface area contributed by atoms with Crippen LogP contribution in [-0.4, -0.2) is 18.4 Å². The van der Waals surface area contributed by atoms with Gasteiger partial charge in [0.05, 0.1) is 13.0 Å². The van der Waals surface area contributed by atoms with Crippen molar-refractivity contribution in [1.29, 1.82) is 0 Å². The van der Waals surface area contributed by atoms with Crippen molar-refractivity contribution in [2.24, 2.45) is 0 Å². The molecule has 0 saturated carbocycles. The van der Waals surface area contributed by atoms with Gasteiger partial charge in [-0.15, -0.1) is 6.07 Å². The Balaban J connectivity index is 0.00000220. The second-order valence-corrected chi connectivity index (χ2v) is 5.53. The third kappa shape index (κ3) is 4.14. The van der Waals surface area contributed by atoms with Crippen LogP contribution in [0.25, 0.3) is 5.57 Å². The maximum atomic E-state index is 11.3. The van der Waals surface area contributed by atoms with Crippen molar-refractivity contribution < 1.29 is 79.7 Å². The molecule has 1 aromatic carbocycles. The molecule has 6 heteroatoms. The monoisotopic (exact) mass is 449 g/mol. The van der Waals surface area contributed by atoms with E-state index in [-0.39, 0.29) is 72.0 Å². The van der Waals surface area contributed by atoms with Gasteiger partial charge in [-0.2, -0.15) is 0 Å². The first-order chi connectivity index (χ1) is 9.42. The number of allylic oxidation sites excluding steroid dienone is 1. The molecule has 1 heterocycles. The summed E-state index contributed by atoms with van der Waals surface area (Å²) < 4.78 is 4.79. The summed E-state index contributed by atoms with van der Waals surface area (Å²) >= 11 is 0. The third-order valence-electron chi connectivity index (χ3n) is 3.67. The summed E-state index contributed by atoms with van der Waals surface area (Å²) in [5.74, 6) is 0. The van der Waals surface area contributed by atoms with E-state index >= 15 is 0 Å². The summed E-state index contributed by atoms with van der Waals surface area (Å²) in [5, 5.41) is 0. The molecule has 1 aliphatic rings. The molecule has 0 N–H and O–H groups in total. The van der Waals surface area contributed by atoms with E-state index in [1.807, 2.05) is 52.3 Å². The minimum absolute atomic E-state index is 0. The Hall–Kier alpha value is 0.108. The zero-order valence-corrected chi connectivity index (χ0v) is 18.9. The Labute approximate surface area is 181 Å². The van der Waals surface area contributed by atoms with Crippen LogP contribution in [-0.2, 0) is 86.4 Å². The Morgan fingerprint density at radius 3 is 2.36 bits per heavy atom. The molecule has 0 aliphatic carbocycles. The molecule has 0 unspecified atom stereocenters. The summed E-state index contributed by atoms with van der Waals surface area (Å²) in [4.78, 5) is 23.2. The molecular weight excluding hydrogens is 432 g/mol. The zero-order valence-electron chi connectivity index (χ0n) is 13.3. The molecule has 22 heavy (non-hydrogen) atoms. The molecule has 4 nitrogen and oxygen atoms in total. The van der Waals surface area contributed by atoms with Crippen molar-refractivity contribution in [3.05, 3.63) is 34.9 Å². The Morgan fingerprint density at radius 2 is 1.82 bits per heavy atom. The van der Waals surface area contributed by atoms with Crippen LogP contribution in [0, 0.1) is 6.92 Å². The van der Waals surface area contributed by atoms with Gasteiger partial charge in [-0.25, -0.2) is 0 Å². The van der Waals surface area contributed by atoms with Gasteiger partial charge in [0.1, 0.15) is 0 Å². The minimum Gasteiger partial charge on any atom is -0.650 e. The van der Waals surface area contributed by atoms with E-state index in [1.54, 1.807) is 4.90 Å². The van der Waals surface area contributed by atoms with E-state index in [2.05, 4.69) is 0 Å². The van der Waals surface area contributed by atoms with E-state index in [9.17, 15) is 9.59 Å². The van der Waals surface area contributed by atoms with Crippen LogP contribution in [0.3, 0.4) is 0 Å². The van der Waals surface area contributed by atoms with E-state index in [0.717, 1.165) is 28.0 Å². The summed E-state index contributed by atoms with van der Waals surface area (Å²) in [6.07, 6.45) is 4.02. The number of ether oxygens (including phenoxy) is 1. The number of amides is 1. The number of carbonyl (C=O) groups excluding carboxylic acids is 2. The summed E-state index contributed by atoms with van der Waals surface area (Å²) in [7, 11) is 0. The Morgan fingerprint density at radius 1 is 1.18 bits per heavy atom. The van der Waals surface area contributed by atoms with Gasteiger partial charge in [-0.3, -0.25) is 0 Å². The number of rotatable bonds is 4. The smallest absolute Gasteiger partial charge is 0.0739 e. The second-order valence-electron chi connectivity index (χ2n) is 5.53. The average Bonchev–Trinajstić information content (AvgIpc) is 2.37. The molecule has 0 spiro atoms. The first-order valence-electron chi connectivity index (χ1n) is 6.41. The predicted molar refractivity (Wildman–Crippen MR) is 77.6 cm³/mol. The Kier molecular flexibility index (Phi) is 8.86. The number of benzene rings is 1. The Bertz CT molecular complexity index is 597. The molecule has 0 saturated heterocycles. The van der Waals surface area contributed by atoms with Crippen molar-refractivity contribution >= 4 is 24.1 Å². The summed E-state index contributed by atoms with van der Waals surface area (Å²) in [6.45, 7) is 9.46. The van der Waals surface area contributed by atoms with Crippen molar-refractivity contribution in [2.45, 2.75) is 39.8 Å². The summed E-state index contributed by atoms with van der Waals surface area (Å²) in [6, 6.07) is 3.82. The first kappa shape index (κ1) is 22.1. The largest absolute Gasteiger partial charge is 0.650 e. The van der Waals surface area contributed by atoms with Gasteiger partial charge in [0.2, 0.25) is 0 Å². The molecule has 0 atom stereocenters. The predicted octanol–water partition coefficient (Wildman–Crippen LogP) is 2.64. The van der Waals surface area contributed by atoms with Gasteiger partial charge in [0, 0.05) is 71.0 Å². The van der Waals surface area contributed by atoms with Crippen molar-refractivity contribution in [1.82, 2.24) is 0 Å². The number of hydrogen-bond acceptors (Lipinski definition) is 3. The fourth-order valence-electron chi connectivity index (χ4n) is 2.80. The number of fused-ring (bicyclic) bond motifs is 1. The van der Waals surface area contributed by atoms with Gasteiger partial charge in [-0.05, 0) is 38.8 Å². The number of aryl methyl sites for hydroxylation is 1. The van der Waals surface area contributed by atoms with E-state index < -0.39 is 5.54 Å².